The third-order valence-corrected chi connectivity index (χ3v) is 3.96. The van der Waals surface area contributed by atoms with Crippen LogP contribution >= 0.6 is 0 Å². The van der Waals surface area contributed by atoms with Crippen LogP contribution < -0.4 is 5.32 Å². The van der Waals surface area contributed by atoms with E-state index in [1.54, 1.807) is 0 Å². The first-order chi connectivity index (χ1) is 8.44. The zero-order valence-corrected chi connectivity index (χ0v) is 12.2. The first-order valence-corrected chi connectivity index (χ1v) is 7.48. The molecule has 3 nitrogen and oxygen atoms in total. The lowest BCUT2D eigenvalue weighted by Gasteiger charge is -2.28. The van der Waals surface area contributed by atoms with Crippen molar-refractivity contribution in [1.82, 2.24) is 10.2 Å². The van der Waals surface area contributed by atoms with Crippen molar-refractivity contribution >= 4 is 5.91 Å². The molecule has 0 aromatic rings. The van der Waals surface area contributed by atoms with Crippen molar-refractivity contribution in [2.75, 3.05) is 13.1 Å². The van der Waals surface area contributed by atoms with E-state index in [-0.39, 0.29) is 5.41 Å². The Hall–Kier alpha value is -0.570. The lowest BCUT2D eigenvalue weighted by molar-refractivity contribution is -0.128. The smallest absolute Gasteiger partial charge is 0.224 e. The summed E-state index contributed by atoms with van der Waals surface area (Å²) < 4.78 is 0. The van der Waals surface area contributed by atoms with Crippen LogP contribution in [0.1, 0.15) is 59.3 Å². The van der Waals surface area contributed by atoms with Gasteiger partial charge in [0.1, 0.15) is 0 Å². The Balaban J connectivity index is 1.80. The Bertz CT molecular complexity index is 289. The molecule has 1 aliphatic carbocycles. The number of hydrogen-bond donors (Lipinski definition) is 1. The number of hydrogen-bond acceptors (Lipinski definition) is 2. The summed E-state index contributed by atoms with van der Waals surface area (Å²) in [4.78, 5) is 14.0. The first kappa shape index (κ1) is 13.9. The summed E-state index contributed by atoms with van der Waals surface area (Å²) in [5.41, 5.74) is 0.204. The molecular formula is C15H28N2O. The second-order valence-corrected chi connectivity index (χ2v) is 7.24. The average Bonchev–Trinajstić information content (AvgIpc) is 2.58. The van der Waals surface area contributed by atoms with Crippen molar-refractivity contribution in [2.45, 2.75) is 71.4 Å². The van der Waals surface area contributed by atoms with E-state index >= 15 is 0 Å². The molecule has 1 aliphatic heterocycles. The van der Waals surface area contributed by atoms with Crippen molar-refractivity contribution in [2.24, 2.45) is 5.41 Å². The van der Waals surface area contributed by atoms with Crippen LogP contribution in [0.2, 0.25) is 0 Å². The molecule has 1 amide bonds. The molecule has 1 unspecified atom stereocenters. The van der Waals surface area contributed by atoms with Gasteiger partial charge in [-0.05, 0) is 18.3 Å². The van der Waals surface area contributed by atoms with E-state index in [2.05, 4.69) is 26.1 Å². The van der Waals surface area contributed by atoms with Crippen molar-refractivity contribution in [3.8, 4) is 0 Å². The summed E-state index contributed by atoms with van der Waals surface area (Å²) in [5.74, 6) is 0.332. The molecule has 0 aromatic carbocycles. The Morgan fingerprint density at radius 3 is 2.44 bits per heavy atom. The molecule has 1 saturated heterocycles. The van der Waals surface area contributed by atoms with E-state index in [0.29, 0.717) is 24.4 Å². The topological polar surface area (TPSA) is 32.3 Å². The predicted octanol–water partition coefficient (Wildman–Crippen LogP) is 2.56. The van der Waals surface area contributed by atoms with E-state index < -0.39 is 0 Å². The minimum absolute atomic E-state index is 0.204. The minimum atomic E-state index is 0.204. The van der Waals surface area contributed by atoms with Crippen LogP contribution in [0.3, 0.4) is 0 Å². The maximum absolute atomic E-state index is 12.0. The summed E-state index contributed by atoms with van der Waals surface area (Å²) in [6.45, 7) is 8.38. The normalized spacial score (nSPS) is 26.9. The highest BCUT2D eigenvalue weighted by atomic mass is 16.2. The predicted molar refractivity (Wildman–Crippen MR) is 74.4 cm³/mol. The molecule has 1 N–H and O–H groups in total. The van der Waals surface area contributed by atoms with Gasteiger partial charge in [0.25, 0.3) is 0 Å². The number of carbonyl (C=O) groups excluding carboxylic acids is 1. The van der Waals surface area contributed by atoms with Gasteiger partial charge < -0.3 is 10.2 Å². The molecule has 104 valence electrons. The highest BCUT2D eigenvalue weighted by Crippen LogP contribution is 2.23. The maximum atomic E-state index is 12.0. The summed E-state index contributed by atoms with van der Waals surface area (Å²) in [6.07, 6.45) is 7.38. The Labute approximate surface area is 111 Å². The lowest BCUT2D eigenvalue weighted by atomic mass is 9.95. The summed E-state index contributed by atoms with van der Waals surface area (Å²) >= 11 is 0. The second kappa shape index (κ2) is 5.60. The van der Waals surface area contributed by atoms with Crippen molar-refractivity contribution in [3.63, 3.8) is 0 Å². The van der Waals surface area contributed by atoms with Gasteiger partial charge in [0.05, 0.1) is 0 Å². The molecular weight excluding hydrogens is 224 g/mol. The SMILES string of the molecule is CC(C)(C)CN1CC(NC2CCCCC2)CC1=O. The van der Waals surface area contributed by atoms with E-state index in [0.717, 1.165) is 13.1 Å². The van der Waals surface area contributed by atoms with Crippen molar-refractivity contribution in [3.05, 3.63) is 0 Å². The quantitative estimate of drug-likeness (QED) is 0.837. The highest BCUT2D eigenvalue weighted by molar-refractivity contribution is 5.79. The largest absolute Gasteiger partial charge is 0.341 e. The second-order valence-electron chi connectivity index (χ2n) is 7.24. The molecule has 0 radical (unpaired) electrons. The molecule has 2 rings (SSSR count). The van der Waals surface area contributed by atoms with Crippen LogP contribution in [0.4, 0.5) is 0 Å². The number of rotatable bonds is 3. The van der Waals surface area contributed by atoms with Gasteiger partial charge in [-0.3, -0.25) is 4.79 Å². The lowest BCUT2D eigenvalue weighted by Crippen LogP contribution is -2.42. The molecule has 3 heteroatoms. The molecule has 1 heterocycles. The number of carbonyl (C=O) groups is 1. The Morgan fingerprint density at radius 1 is 1.17 bits per heavy atom. The van der Waals surface area contributed by atoms with Gasteiger partial charge in [-0.25, -0.2) is 0 Å². The summed E-state index contributed by atoms with van der Waals surface area (Å²) in [6, 6.07) is 1.05. The molecule has 2 aliphatic rings. The fourth-order valence-corrected chi connectivity index (χ4v) is 3.21. The number of likely N-dealkylation sites (tertiary alicyclic amines) is 1. The van der Waals surface area contributed by atoms with Gasteiger partial charge in [0, 0.05) is 31.6 Å². The van der Waals surface area contributed by atoms with Gasteiger partial charge in [0.15, 0.2) is 0 Å². The zero-order valence-electron chi connectivity index (χ0n) is 12.2. The van der Waals surface area contributed by atoms with Gasteiger partial charge in [-0.1, -0.05) is 40.0 Å². The van der Waals surface area contributed by atoms with Gasteiger partial charge >= 0.3 is 0 Å². The van der Waals surface area contributed by atoms with E-state index in [1.807, 2.05) is 4.90 Å². The van der Waals surface area contributed by atoms with E-state index in [9.17, 15) is 4.79 Å². The van der Waals surface area contributed by atoms with Crippen LogP contribution in [0, 0.1) is 5.41 Å². The summed E-state index contributed by atoms with van der Waals surface area (Å²) in [7, 11) is 0. The molecule has 0 aromatic heterocycles. The number of nitrogens with one attached hydrogen (secondary N) is 1. The zero-order chi connectivity index (χ0) is 13.2. The third kappa shape index (κ3) is 3.98. The van der Waals surface area contributed by atoms with Gasteiger partial charge in [-0.15, -0.1) is 0 Å². The molecule has 2 fully saturated rings. The molecule has 1 saturated carbocycles. The minimum Gasteiger partial charge on any atom is -0.341 e. The fourth-order valence-electron chi connectivity index (χ4n) is 3.21. The summed E-state index contributed by atoms with van der Waals surface area (Å²) in [5, 5.41) is 3.70. The van der Waals surface area contributed by atoms with Gasteiger partial charge in [0.2, 0.25) is 5.91 Å². The molecule has 0 bridgehead atoms. The third-order valence-electron chi connectivity index (χ3n) is 3.96. The first-order valence-electron chi connectivity index (χ1n) is 7.48. The molecule has 18 heavy (non-hydrogen) atoms. The molecule has 1 atom stereocenters. The van der Waals surface area contributed by atoms with Crippen molar-refractivity contribution in [1.29, 1.82) is 0 Å². The Kier molecular flexibility index (Phi) is 4.31. The molecule has 0 spiro atoms. The van der Waals surface area contributed by atoms with E-state index in [1.165, 1.54) is 32.1 Å². The highest BCUT2D eigenvalue weighted by Gasteiger charge is 2.32. The number of nitrogens with zero attached hydrogens (tertiary/aromatic N) is 1. The monoisotopic (exact) mass is 252 g/mol. The van der Waals surface area contributed by atoms with E-state index in [4.69, 9.17) is 0 Å². The van der Waals surface area contributed by atoms with Crippen LogP contribution in [-0.4, -0.2) is 36.0 Å². The Morgan fingerprint density at radius 2 is 1.83 bits per heavy atom. The van der Waals surface area contributed by atoms with Crippen LogP contribution in [-0.2, 0) is 4.79 Å². The standard InChI is InChI=1S/C15H28N2O/c1-15(2,3)11-17-10-13(9-14(17)18)16-12-7-5-4-6-8-12/h12-13,16H,4-11H2,1-3H3. The fraction of sp³-hybridized carbons (Fsp3) is 0.933. The van der Waals surface area contributed by atoms with Gasteiger partial charge in [-0.2, -0.15) is 0 Å². The number of amides is 1. The van der Waals surface area contributed by atoms with Crippen molar-refractivity contribution < 1.29 is 4.79 Å². The van der Waals surface area contributed by atoms with Crippen LogP contribution in [0.5, 0.6) is 0 Å². The van der Waals surface area contributed by atoms with Crippen LogP contribution in [0.15, 0.2) is 0 Å². The van der Waals surface area contributed by atoms with Crippen LogP contribution in [0.25, 0.3) is 0 Å². The average molecular weight is 252 g/mol. The maximum Gasteiger partial charge on any atom is 0.224 e.